The van der Waals surface area contributed by atoms with Crippen LogP contribution in [0.1, 0.15) is 41.0 Å². The molecule has 0 spiro atoms. The summed E-state index contributed by atoms with van der Waals surface area (Å²) >= 11 is 0. The molecule has 0 aromatic rings. The standard InChI is InChI=1S/C11H25N/c1-7-11(5)12(6)8-10(4)9(2)3/h9-11H,7-8H2,1-6H3. The molecule has 0 heterocycles. The lowest BCUT2D eigenvalue weighted by Gasteiger charge is -2.28. The number of hydrogen-bond acceptors (Lipinski definition) is 1. The van der Waals surface area contributed by atoms with Crippen LogP contribution in [0.15, 0.2) is 0 Å². The maximum atomic E-state index is 2.46. The van der Waals surface area contributed by atoms with Gasteiger partial charge in [-0.25, -0.2) is 0 Å². The summed E-state index contributed by atoms with van der Waals surface area (Å²) in [4.78, 5) is 2.46. The highest BCUT2D eigenvalue weighted by Crippen LogP contribution is 2.12. The summed E-state index contributed by atoms with van der Waals surface area (Å²) in [5.74, 6) is 1.61. The summed E-state index contributed by atoms with van der Waals surface area (Å²) in [6.45, 7) is 12.7. The van der Waals surface area contributed by atoms with Gasteiger partial charge in [0.05, 0.1) is 0 Å². The molecule has 1 heteroatoms. The minimum absolute atomic E-state index is 0.728. The number of hydrogen-bond donors (Lipinski definition) is 0. The molecule has 0 aromatic heterocycles. The van der Waals surface area contributed by atoms with Crippen LogP contribution in [0.5, 0.6) is 0 Å². The van der Waals surface area contributed by atoms with E-state index in [-0.39, 0.29) is 0 Å². The summed E-state index contributed by atoms with van der Waals surface area (Å²) in [6.07, 6.45) is 1.25. The molecule has 0 aromatic carbocycles. The van der Waals surface area contributed by atoms with E-state index < -0.39 is 0 Å². The lowest BCUT2D eigenvalue weighted by Crippen LogP contribution is -2.33. The van der Waals surface area contributed by atoms with Gasteiger partial charge >= 0.3 is 0 Å². The highest BCUT2D eigenvalue weighted by Gasteiger charge is 2.13. The van der Waals surface area contributed by atoms with E-state index in [2.05, 4.69) is 46.6 Å². The molecule has 2 atom stereocenters. The van der Waals surface area contributed by atoms with Gasteiger partial charge in [0.25, 0.3) is 0 Å². The third-order valence-electron chi connectivity index (χ3n) is 3.06. The molecular weight excluding hydrogens is 146 g/mol. The Kier molecular flexibility index (Phi) is 5.56. The van der Waals surface area contributed by atoms with Gasteiger partial charge in [0.15, 0.2) is 0 Å². The van der Waals surface area contributed by atoms with Crippen LogP contribution < -0.4 is 0 Å². The van der Waals surface area contributed by atoms with Gasteiger partial charge in [-0.05, 0) is 32.2 Å². The minimum atomic E-state index is 0.728. The predicted molar refractivity (Wildman–Crippen MR) is 56.4 cm³/mol. The van der Waals surface area contributed by atoms with Crippen LogP contribution in [0.3, 0.4) is 0 Å². The summed E-state index contributed by atoms with van der Waals surface area (Å²) in [5, 5.41) is 0. The van der Waals surface area contributed by atoms with Crippen LogP contribution >= 0.6 is 0 Å². The van der Waals surface area contributed by atoms with Gasteiger partial charge in [0.2, 0.25) is 0 Å². The molecule has 0 aliphatic rings. The monoisotopic (exact) mass is 171 g/mol. The van der Waals surface area contributed by atoms with Crippen LogP contribution in [0.4, 0.5) is 0 Å². The van der Waals surface area contributed by atoms with E-state index in [0.29, 0.717) is 0 Å². The van der Waals surface area contributed by atoms with Crippen molar-refractivity contribution in [2.75, 3.05) is 13.6 Å². The van der Waals surface area contributed by atoms with Gasteiger partial charge in [-0.2, -0.15) is 0 Å². The average molecular weight is 171 g/mol. The lowest BCUT2D eigenvalue weighted by molar-refractivity contribution is 0.197. The van der Waals surface area contributed by atoms with Crippen LogP contribution in [-0.4, -0.2) is 24.5 Å². The molecule has 0 saturated carbocycles. The van der Waals surface area contributed by atoms with Crippen molar-refractivity contribution in [2.45, 2.75) is 47.1 Å². The van der Waals surface area contributed by atoms with E-state index in [1.54, 1.807) is 0 Å². The van der Waals surface area contributed by atoms with Crippen molar-refractivity contribution < 1.29 is 0 Å². The van der Waals surface area contributed by atoms with Crippen molar-refractivity contribution in [1.29, 1.82) is 0 Å². The van der Waals surface area contributed by atoms with Crippen molar-refractivity contribution in [1.82, 2.24) is 4.90 Å². The van der Waals surface area contributed by atoms with Crippen LogP contribution in [-0.2, 0) is 0 Å². The first kappa shape index (κ1) is 12.0. The molecular formula is C11H25N. The molecule has 74 valence electrons. The highest BCUT2D eigenvalue weighted by molar-refractivity contribution is 4.66. The normalized spacial score (nSPS) is 17.0. The van der Waals surface area contributed by atoms with Crippen LogP contribution in [0, 0.1) is 11.8 Å². The smallest absolute Gasteiger partial charge is 0.00613 e. The first-order valence-electron chi connectivity index (χ1n) is 5.19. The first-order chi connectivity index (χ1) is 5.49. The molecule has 0 aliphatic heterocycles. The molecule has 0 rings (SSSR count). The molecule has 0 radical (unpaired) electrons. The number of rotatable bonds is 5. The Morgan fingerprint density at radius 3 is 1.92 bits per heavy atom. The topological polar surface area (TPSA) is 3.24 Å². The molecule has 1 nitrogen and oxygen atoms in total. The first-order valence-corrected chi connectivity index (χ1v) is 5.19. The molecule has 12 heavy (non-hydrogen) atoms. The van der Waals surface area contributed by atoms with E-state index in [0.717, 1.165) is 17.9 Å². The maximum absolute atomic E-state index is 2.46. The van der Waals surface area contributed by atoms with Crippen molar-refractivity contribution in [3.63, 3.8) is 0 Å². The fourth-order valence-electron chi connectivity index (χ4n) is 1.16. The third-order valence-corrected chi connectivity index (χ3v) is 3.06. The van der Waals surface area contributed by atoms with Gasteiger partial charge in [0, 0.05) is 12.6 Å². The second kappa shape index (κ2) is 5.58. The largest absolute Gasteiger partial charge is 0.303 e. The molecule has 0 saturated heterocycles. The molecule has 2 unspecified atom stereocenters. The predicted octanol–water partition coefficient (Wildman–Crippen LogP) is 3.01. The van der Waals surface area contributed by atoms with E-state index >= 15 is 0 Å². The minimum Gasteiger partial charge on any atom is -0.303 e. The zero-order valence-electron chi connectivity index (χ0n) is 9.59. The molecule has 0 fully saturated rings. The summed E-state index contributed by atoms with van der Waals surface area (Å²) in [7, 11) is 2.23. The summed E-state index contributed by atoms with van der Waals surface area (Å²) in [5.41, 5.74) is 0. The second-order valence-corrected chi connectivity index (χ2v) is 4.42. The second-order valence-electron chi connectivity index (χ2n) is 4.42. The van der Waals surface area contributed by atoms with E-state index in [1.165, 1.54) is 13.0 Å². The Balaban J connectivity index is 3.75. The molecule has 0 N–H and O–H groups in total. The Morgan fingerprint density at radius 2 is 1.58 bits per heavy atom. The SMILES string of the molecule is CCC(C)N(C)CC(C)C(C)C. The quantitative estimate of drug-likeness (QED) is 0.614. The van der Waals surface area contributed by atoms with E-state index in [9.17, 15) is 0 Å². The van der Waals surface area contributed by atoms with Crippen molar-refractivity contribution in [3.8, 4) is 0 Å². The van der Waals surface area contributed by atoms with E-state index in [1.807, 2.05) is 0 Å². The van der Waals surface area contributed by atoms with Gasteiger partial charge < -0.3 is 4.90 Å². The molecule has 0 amide bonds. The summed E-state index contributed by atoms with van der Waals surface area (Å²) in [6, 6.07) is 0.728. The van der Waals surface area contributed by atoms with Crippen molar-refractivity contribution in [3.05, 3.63) is 0 Å². The molecule has 0 bridgehead atoms. The van der Waals surface area contributed by atoms with Gasteiger partial charge in [-0.3, -0.25) is 0 Å². The zero-order valence-corrected chi connectivity index (χ0v) is 9.59. The fraction of sp³-hybridized carbons (Fsp3) is 1.00. The Labute approximate surface area is 78.1 Å². The lowest BCUT2D eigenvalue weighted by atomic mass is 9.97. The Hall–Kier alpha value is -0.0400. The number of nitrogens with zero attached hydrogens (tertiary/aromatic N) is 1. The van der Waals surface area contributed by atoms with Gasteiger partial charge in [0.1, 0.15) is 0 Å². The van der Waals surface area contributed by atoms with E-state index in [4.69, 9.17) is 0 Å². The van der Waals surface area contributed by atoms with Crippen LogP contribution in [0.2, 0.25) is 0 Å². The highest BCUT2D eigenvalue weighted by atomic mass is 15.1. The maximum Gasteiger partial charge on any atom is 0.00613 e. The van der Waals surface area contributed by atoms with Crippen molar-refractivity contribution >= 4 is 0 Å². The molecule has 0 aliphatic carbocycles. The average Bonchev–Trinajstić information content (AvgIpc) is 2.02. The summed E-state index contributed by atoms with van der Waals surface area (Å²) < 4.78 is 0. The fourth-order valence-corrected chi connectivity index (χ4v) is 1.16. The third kappa shape index (κ3) is 4.10. The van der Waals surface area contributed by atoms with Crippen LogP contribution in [0.25, 0.3) is 0 Å². The zero-order chi connectivity index (χ0) is 9.72. The Bertz CT molecular complexity index is 110. The van der Waals surface area contributed by atoms with Gasteiger partial charge in [-0.1, -0.05) is 27.7 Å². The van der Waals surface area contributed by atoms with Crippen molar-refractivity contribution in [2.24, 2.45) is 11.8 Å². The van der Waals surface area contributed by atoms with Gasteiger partial charge in [-0.15, -0.1) is 0 Å². The Morgan fingerprint density at radius 1 is 1.08 bits per heavy atom.